The molecule has 1 aromatic carbocycles. The maximum Gasteiger partial charge on any atom is 0.337 e. The second-order valence-electron chi connectivity index (χ2n) is 10.4. The van der Waals surface area contributed by atoms with Crippen molar-refractivity contribution >= 4 is 34.6 Å². The largest absolute Gasteiger partial charge is 0.465 e. The number of benzene rings is 1. The molecule has 3 aromatic rings. The molecule has 2 heterocycles. The molecule has 0 atom stereocenters. The molecule has 0 bridgehead atoms. The van der Waals surface area contributed by atoms with Crippen LogP contribution in [-0.2, 0) is 11.3 Å². The molecular weight excluding hydrogens is 476 g/mol. The van der Waals surface area contributed by atoms with Crippen LogP contribution >= 0.6 is 0 Å². The first kappa shape index (κ1) is 29.4. The molecule has 8 heteroatoms. The SMILES string of the molecule is CCCCN(CCCC)c1ccc2nc(Nc3ccc(C(=O)OC)cc3)n(CCN(C(C)C)C(C)C)c2n1. The van der Waals surface area contributed by atoms with Gasteiger partial charge < -0.3 is 15.0 Å². The van der Waals surface area contributed by atoms with E-state index in [4.69, 9.17) is 14.7 Å². The fraction of sp³-hybridized carbons (Fsp3) is 0.567. The van der Waals surface area contributed by atoms with Crippen LogP contribution in [0.4, 0.5) is 17.5 Å². The highest BCUT2D eigenvalue weighted by molar-refractivity contribution is 5.89. The zero-order valence-corrected chi connectivity index (χ0v) is 24.3. The zero-order valence-electron chi connectivity index (χ0n) is 24.3. The number of hydrogen-bond acceptors (Lipinski definition) is 7. The number of pyridine rings is 1. The van der Waals surface area contributed by atoms with Gasteiger partial charge in [0, 0.05) is 44.0 Å². The first-order valence-corrected chi connectivity index (χ1v) is 14.1. The molecule has 0 radical (unpaired) electrons. The van der Waals surface area contributed by atoms with E-state index in [1.165, 1.54) is 7.11 Å². The van der Waals surface area contributed by atoms with Gasteiger partial charge in [-0.2, -0.15) is 0 Å². The maximum atomic E-state index is 11.9. The summed E-state index contributed by atoms with van der Waals surface area (Å²) in [7, 11) is 1.39. The highest BCUT2D eigenvalue weighted by atomic mass is 16.5. The van der Waals surface area contributed by atoms with Gasteiger partial charge in [0.2, 0.25) is 5.95 Å². The summed E-state index contributed by atoms with van der Waals surface area (Å²) in [4.78, 5) is 26.9. The van der Waals surface area contributed by atoms with Gasteiger partial charge in [-0.1, -0.05) is 26.7 Å². The molecular formula is C30H46N6O2. The third-order valence-electron chi connectivity index (χ3n) is 6.94. The van der Waals surface area contributed by atoms with Crippen LogP contribution in [-0.4, -0.2) is 64.2 Å². The predicted octanol–water partition coefficient (Wildman–Crippen LogP) is 6.49. The van der Waals surface area contributed by atoms with E-state index in [-0.39, 0.29) is 5.97 Å². The lowest BCUT2D eigenvalue weighted by atomic mass is 10.2. The molecule has 0 saturated carbocycles. The van der Waals surface area contributed by atoms with Crippen molar-refractivity contribution in [3.8, 4) is 0 Å². The van der Waals surface area contributed by atoms with Gasteiger partial charge in [0.1, 0.15) is 11.3 Å². The van der Waals surface area contributed by atoms with Crippen LogP contribution in [0.1, 0.15) is 77.6 Å². The molecule has 0 aliphatic rings. The predicted molar refractivity (Wildman–Crippen MR) is 158 cm³/mol. The number of imidazole rings is 1. The molecule has 1 N–H and O–H groups in total. The molecule has 0 fully saturated rings. The minimum Gasteiger partial charge on any atom is -0.465 e. The lowest BCUT2D eigenvalue weighted by Gasteiger charge is -2.30. The lowest BCUT2D eigenvalue weighted by Crippen LogP contribution is -2.39. The second kappa shape index (κ2) is 14.1. The van der Waals surface area contributed by atoms with Crippen LogP contribution < -0.4 is 10.2 Å². The van der Waals surface area contributed by atoms with Crippen molar-refractivity contribution in [2.75, 3.05) is 37.0 Å². The van der Waals surface area contributed by atoms with Gasteiger partial charge in [0.15, 0.2) is 5.65 Å². The summed E-state index contributed by atoms with van der Waals surface area (Å²) in [5, 5.41) is 3.47. The van der Waals surface area contributed by atoms with Crippen LogP contribution in [0.3, 0.4) is 0 Å². The topological polar surface area (TPSA) is 75.5 Å². The number of nitrogens with one attached hydrogen (secondary N) is 1. The normalized spacial score (nSPS) is 11.6. The highest BCUT2D eigenvalue weighted by Gasteiger charge is 2.19. The van der Waals surface area contributed by atoms with Crippen molar-refractivity contribution in [2.24, 2.45) is 0 Å². The minimum absolute atomic E-state index is 0.348. The molecule has 0 spiro atoms. The van der Waals surface area contributed by atoms with Crippen LogP contribution in [0.15, 0.2) is 36.4 Å². The van der Waals surface area contributed by atoms with Crippen LogP contribution in [0.25, 0.3) is 11.2 Å². The summed E-state index contributed by atoms with van der Waals surface area (Å²) in [6.07, 6.45) is 4.61. The van der Waals surface area contributed by atoms with Gasteiger partial charge in [0.05, 0.1) is 12.7 Å². The quantitative estimate of drug-likeness (QED) is 0.229. The summed E-state index contributed by atoms with van der Waals surface area (Å²) in [6, 6.07) is 12.3. The van der Waals surface area contributed by atoms with Gasteiger partial charge >= 0.3 is 5.97 Å². The molecule has 38 heavy (non-hydrogen) atoms. The van der Waals surface area contributed by atoms with E-state index in [2.05, 4.69) is 73.4 Å². The fourth-order valence-corrected chi connectivity index (χ4v) is 4.78. The van der Waals surface area contributed by atoms with Crippen molar-refractivity contribution < 1.29 is 9.53 Å². The van der Waals surface area contributed by atoms with Gasteiger partial charge in [0.25, 0.3) is 0 Å². The number of carbonyl (C=O) groups excluding carboxylic acids is 1. The van der Waals surface area contributed by atoms with Crippen molar-refractivity contribution in [2.45, 2.75) is 85.9 Å². The van der Waals surface area contributed by atoms with Crippen LogP contribution in [0.2, 0.25) is 0 Å². The van der Waals surface area contributed by atoms with Crippen molar-refractivity contribution in [3.05, 3.63) is 42.0 Å². The summed E-state index contributed by atoms with van der Waals surface area (Å²) in [5.41, 5.74) is 3.13. The van der Waals surface area contributed by atoms with E-state index in [1.807, 2.05) is 12.1 Å². The molecule has 0 saturated heterocycles. The Labute approximate surface area is 228 Å². The number of rotatable bonds is 15. The summed E-state index contributed by atoms with van der Waals surface area (Å²) < 4.78 is 7.03. The average Bonchev–Trinajstić information content (AvgIpc) is 3.24. The van der Waals surface area contributed by atoms with Crippen LogP contribution in [0.5, 0.6) is 0 Å². The average molecular weight is 523 g/mol. The molecule has 8 nitrogen and oxygen atoms in total. The standard InChI is InChI=1S/C30H46N6O2/c1-8-10-18-34(19-11-9-2)27-17-16-26-28(33-27)36(21-20-35(22(3)4)23(5)6)30(32-26)31-25-14-12-24(13-15-25)29(37)38-7/h12-17,22-23H,8-11,18-21H2,1-7H3,(H,31,32). The Bertz CT molecular complexity index is 1140. The lowest BCUT2D eigenvalue weighted by molar-refractivity contribution is 0.0600. The van der Waals surface area contributed by atoms with E-state index in [0.29, 0.717) is 17.6 Å². The van der Waals surface area contributed by atoms with E-state index in [0.717, 1.165) is 80.5 Å². The number of carbonyl (C=O) groups is 1. The Morgan fingerprint density at radius 3 is 2.11 bits per heavy atom. The number of ether oxygens (including phenoxy) is 1. The summed E-state index contributed by atoms with van der Waals surface area (Å²) >= 11 is 0. The first-order chi connectivity index (χ1) is 18.3. The molecule has 3 rings (SSSR count). The molecule has 0 amide bonds. The number of nitrogens with zero attached hydrogens (tertiary/aromatic N) is 5. The number of fused-ring (bicyclic) bond motifs is 1. The maximum absolute atomic E-state index is 11.9. The minimum atomic E-state index is -0.348. The number of anilines is 3. The number of aromatic nitrogens is 3. The fourth-order valence-electron chi connectivity index (χ4n) is 4.78. The van der Waals surface area contributed by atoms with E-state index in [1.54, 1.807) is 12.1 Å². The molecule has 0 aliphatic carbocycles. The van der Waals surface area contributed by atoms with Gasteiger partial charge in [-0.15, -0.1) is 0 Å². The van der Waals surface area contributed by atoms with E-state index in [9.17, 15) is 4.79 Å². The molecule has 0 unspecified atom stereocenters. The third-order valence-corrected chi connectivity index (χ3v) is 6.94. The van der Waals surface area contributed by atoms with Crippen molar-refractivity contribution in [3.63, 3.8) is 0 Å². The van der Waals surface area contributed by atoms with Gasteiger partial charge in [-0.05, 0) is 76.9 Å². The van der Waals surface area contributed by atoms with Gasteiger partial charge in [-0.25, -0.2) is 14.8 Å². The Kier molecular flexibility index (Phi) is 11.0. The zero-order chi connectivity index (χ0) is 27.7. The van der Waals surface area contributed by atoms with E-state index >= 15 is 0 Å². The first-order valence-electron chi connectivity index (χ1n) is 14.1. The monoisotopic (exact) mass is 522 g/mol. The number of esters is 1. The Balaban J connectivity index is 2.00. The third kappa shape index (κ3) is 7.47. The number of unbranched alkanes of at least 4 members (excludes halogenated alkanes) is 2. The van der Waals surface area contributed by atoms with Gasteiger partial charge in [-0.3, -0.25) is 9.47 Å². The van der Waals surface area contributed by atoms with E-state index < -0.39 is 0 Å². The summed E-state index contributed by atoms with van der Waals surface area (Å²) in [6.45, 7) is 17.1. The second-order valence-corrected chi connectivity index (χ2v) is 10.4. The van der Waals surface area contributed by atoms with Crippen molar-refractivity contribution in [1.82, 2.24) is 19.4 Å². The number of methoxy groups -OCH3 is 1. The highest BCUT2D eigenvalue weighted by Crippen LogP contribution is 2.25. The number of hydrogen-bond donors (Lipinski definition) is 1. The Morgan fingerprint density at radius 1 is 0.921 bits per heavy atom. The van der Waals surface area contributed by atoms with Crippen LogP contribution in [0, 0.1) is 0 Å². The smallest absolute Gasteiger partial charge is 0.337 e. The van der Waals surface area contributed by atoms with Crippen molar-refractivity contribution in [1.29, 1.82) is 0 Å². The Morgan fingerprint density at radius 2 is 1.55 bits per heavy atom. The molecule has 0 aliphatic heterocycles. The summed E-state index contributed by atoms with van der Waals surface area (Å²) in [5.74, 6) is 1.41. The Hall–Kier alpha value is -3.13. The molecule has 2 aromatic heterocycles. The molecule has 208 valence electrons.